The van der Waals surface area contributed by atoms with Crippen LogP contribution in [0.1, 0.15) is 20.3 Å². The van der Waals surface area contributed by atoms with Gasteiger partial charge in [-0.05, 0) is 25.5 Å². The highest BCUT2D eigenvalue weighted by Gasteiger charge is 2.08. The second kappa shape index (κ2) is 6.16. The van der Waals surface area contributed by atoms with Crippen LogP contribution in [0.5, 0.6) is 11.5 Å². The van der Waals surface area contributed by atoms with Gasteiger partial charge in [0.25, 0.3) is 0 Å². The summed E-state index contributed by atoms with van der Waals surface area (Å²) in [6.07, 6.45) is 0.730. The van der Waals surface area contributed by atoms with Crippen LogP contribution in [0.15, 0.2) is 24.3 Å². The minimum atomic E-state index is 0.0507. The van der Waals surface area contributed by atoms with Crippen LogP contribution in [0.4, 0.5) is 0 Å². The Morgan fingerprint density at radius 1 is 1.31 bits per heavy atom. The van der Waals surface area contributed by atoms with Gasteiger partial charge >= 0.3 is 0 Å². The Bertz CT molecular complexity index is 347. The van der Waals surface area contributed by atoms with Gasteiger partial charge in [0.1, 0.15) is 5.78 Å². The summed E-state index contributed by atoms with van der Waals surface area (Å²) in [5.41, 5.74) is 0. The molecule has 1 unspecified atom stereocenters. The first-order valence-electron chi connectivity index (χ1n) is 5.41. The Kier molecular flexibility index (Phi) is 4.83. The molecule has 88 valence electrons. The molecule has 0 saturated heterocycles. The summed E-state index contributed by atoms with van der Waals surface area (Å²) in [5, 5.41) is 0. The minimum absolute atomic E-state index is 0.0507. The SMILES string of the molecule is COc1ccccc1OCCC(C)C(C)=O. The zero-order chi connectivity index (χ0) is 12.0. The topological polar surface area (TPSA) is 35.5 Å². The molecule has 0 bridgehead atoms. The van der Waals surface area contributed by atoms with Gasteiger partial charge in [0.15, 0.2) is 11.5 Å². The highest BCUT2D eigenvalue weighted by atomic mass is 16.5. The number of methoxy groups -OCH3 is 1. The number of ether oxygens (including phenoxy) is 2. The normalized spacial score (nSPS) is 11.9. The molecule has 0 aliphatic heterocycles. The average molecular weight is 222 g/mol. The zero-order valence-electron chi connectivity index (χ0n) is 10.0. The van der Waals surface area contributed by atoms with E-state index in [1.165, 1.54) is 0 Å². The lowest BCUT2D eigenvalue weighted by atomic mass is 10.1. The molecule has 1 atom stereocenters. The minimum Gasteiger partial charge on any atom is -0.493 e. The molecule has 1 rings (SSSR count). The predicted octanol–water partition coefficient (Wildman–Crippen LogP) is 2.69. The molecule has 0 amide bonds. The van der Waals surface area contributed by atoms with Crippen LogP contribution in [-0.4, -0.2) is 19.5 Å². The van der Waals surface area contributed by atoms with Crippen LogP contribution in [0.2, 0.25) is 0 Å². The van der Waals surface area contributed by atoms with Crippen molar-refractivity contribution in [3.8, 4) is 11.5 Å². The summed E-state index contributed by atoms with van der Waals surface area (Å²) in [5.74, 6) is 1.69. The maximum absolute atomic E-state index is 11.0. The average Bonchev–Trinajstić information content (AvgIpc) is 2.29. The molecule has 16 heavy (non-hydrogen) atoms. The van der Waals surface area contributed by atoms with Gasteiger partial charge in [-0.3, -0.25) is 4.79 Å². The van der Waals surface area contributed by atoms with E-state index in [-0.39, 0.29) is 11.7 Å². The molecule has 3 nitrogen and oxygen atoms in total. The lowest BCUT2D eigenvalue weighted by Gasteiger charge is -2.11. The van der Waals surface area contributed by atoms with Crippen LogP contribution in [0, 0.1) is 5.92 Å². The van der Waals surface area contributed by atoms with Crippen molar-refractivity contribution in [3.63, 3.8) is 0 Å². The molecule has 1 aromatic carbocycles. The van der Waals surface area contributed by atoms with E-state index >= 15 is 0 Å². The molecule has 0 spiro atoms. The van der Waals surface area contributed by atoms with Gasteiger partial charge in [-0.1, -0.05) is 19.1 Å². The van der Waals surface area contributed by atoms with Crippen LogP contribution in [0.3, 0.4) is 0 Å². The number of ketones is 1. The molecule has 3 heteroatoms. The van der Waals surface area contributed by atoms with E-state index in [9.17, 15) is 4.79 Å². The summed E-state index contributed by atoms with van der Waals surface area (Å²) in [7, 11) is 1.61. The Morgan fingerprint density at radius 2 is 1.94 bits per heavy atom. The van der Waals surface area contributed by atoms with Crippen molar-refractivity contribution in [2.75, 3.05) is 13.7 Å². The van der Waals surface area contributed by atoms with E-state index in [2.05, 4.69) is 0 Å². The molecule has 0 aliphatic rings. The van der Waals surface area contributed by atoms with Crippen molar-refractivity contribution in [2.45, 2.75) is 20.3 Å². The molecule has 0 fully saturated rings. The predicted molar refractivity (Wildman–Crippen MR) is 63.0 cm³/mol. The van der Waals surface area contributed by atoms with E-state index < -0.39 is 0 Å². The van der Waals surface area contributed by atoms with E-state index in [1.807, 2.05) is 31.2 Å². The third-order valence-corrected chi connectivity index (χ3v) is 2.57. The fourth-order valence-corrected chi connectivity index (χ4v) is 1.29. The Labute approximate surface area is 96.4 Å². The summed E-state index contributed by atoms with van der Waals surface area (Å²) in [4.78, 5) is 11.0. The number of hydrogen-bond donors (Lipinski definition) is 0. The smallest absolute Gasteiger partial charge is 0.161 e. The first kappa shape index (κ1) is 12.6. The lowest BCUT2D eigenvalue weighted by molar-refractivity contribution is -0.120. The number of benzene rings is 1. The third kappa shape index (κ3) is 3.57. The molecule has 0 N–H and O–H groups in total. The van der Waals surface area contributed by atoms with Crippen molar-refractivity contribution >= 4 is 5.78 Å². The molecular formula is C13H18O3. The number of Topliss-reactive ketones (excluding diaryl/α,β-unsaturated/α-hetero) is 1. The Morgan fingerprint density at radius 3 is 2.50 bits per heavy atom. The van der Waals surface area contributed by atoms with E-state index in [1.54, 1.807) is 14.0 Å². The fourth-order valence-electron chi connectivity index (χ4n) is 1.29. The van der Waals surface area contributed by atoms with Gasteiger partial charge in [-0.15, -0.1) is 0 Å². The lowest BCUT2D eigenvalue weighted by Crippen LogP contribution is -2.11. The number of carbonyl (C=O) groups excluding carboxylic acids is 1. The Hall–Kier alpha value is -1.51. The van der Waals surface area contributed by atoms with Gasteiger partial charge in [-0.25, -0.2) is 0 Å². The number of rotatable bonds is 6. The van der Waals surface area contributed by atoms with Crippen LogP contribution >= 0.6 is 0 Å². The van der Waals surface area contributed by atoms with Crippen LogP contribution < -0.4 is 9.47 Å². The summed E-state index contributed by atoms with van der Waals surface area (Å²) in [6, 6.07) is 7.50. The molecular weight excluding hydrogens is 204 g/mol. The summed E-state index contributed by atoms with van der Waals surface area (Å²) >= 11 is 0. The van der Waals surface area contributed by atoms with Crippen molar-refractivity contribution in [1.82, 2.24) is 0 Å². The second-order valence-electron chi connectivity index (χ2n) is 3.80. The highest BCUT2D eigenvalue weighted by Crippen LogP contribution is 2.26. The summed E-state index contributed by atoms with van der Waals surface area (Å²) < 4.78 is 10.7. The highest BCUT2D eigenvalue weighted by molar-refractivity contribution is 5.77. The molecule has 0 aromatic heterocycles. The molecule has 0 saturated carbocycles. The van der Waals surface area contributed by atoms with Gasteiger partial charge in [0.05, 0.1) is 13.7 Å². The fraction of sp³-hybridized carbons (Fsp3) is 0.462. The van der Waals surface area contributed by atoms with Gasteiger partial charge in [0.2, 0.25) is 0 Å². The van der Waals surface area contributed by atoms with Crippen molar-refractivity contribution < 1.29 is 14.3 Å². The van der Waals surface area contributed by atoms with Gasteiger partial charge in [-0.2, -0.15) is 0 Å². The van der Waals surface area contributed by atoms with Gasteiger partial charge < -0.3 is 9.47 Å². The molecule has 1 aromatic rings. The zero-order valence-corrected chi connectivity index (χ0v) is 10.0. The second-order valence-corrected chi connectivity index (χ2v) is 3.80. The first-order valence-corrected chi connectivity index (χ1v) is 5.41. The molecule has 0 aliphatic carbocycles. The number of para-hydroxylation sites is 2. The molecule has 0 heterocycles. The maximum Gasteiger partial charge on any atom is 0.161 e. The van der Waals surface area contributed by atoms with Crippen molar-refractivity contribution in [1.29, 1.82) is 0 Å². The Balaban J connectivity index is 2.45. The van der Waals surface area contributed by atoms with Crippen LogP contribution in [-0.2, 0) is 4.79 Å². The monoisotopic (exact) mass is 222 g/mol. The standard InChI is InChI=1S/C13H18O3/c1-10(11(2)14)8-9-16-13-7-5-4-6-12(13)15-3/h4-7,10H,8-9H2,1-3H3. The van der Waals surface area contributed by atoms with Crippen LogP contribution in [0.25, 0.3) is 0 Å². The molecule has 0 radical (unpaired) electrons. The quantitative estimate of drug-likeness (QED) is 0.742. The number of hydrogen-bond acceptors (Lipinski definition) is 3. The van der Waals surface area contributed by atoms with E-state index in [4.69, 9.17) is 9.47 Å². The number of carbonyl (C=O) groups is 1. The van der Waals surface area contributed by atoms with Crippen molar-refractivity contribution in [2.24, 2.45) is 5.92 Å². The maximum atomic E-state index is 11.0. The first-order chi connectivity index (χ1) is 7.65. The van der Waals surface area contributed by atoms with E-state index in [0.717, 1.165) is 17.9 Å². The van der Waals surface area contributed by atoms with E-state index in [0.29, 0.717) is 6.61 Å². The van der Waals surface area contributed by atoms with Crippen molar-refractivity contribution in [3.05, 3.63) is 24.3 Å². The largest absolute Gasteiger partial charge is 0.493 e. The summed E-state index contributed by atoms with van der Waals surface area (Å²) in [6.45, 7) is 4.04. The van der Waals surface area contributed by atoms with Gasteiger partial charge in [0, 0.05) is 5.92 Å². The third-order valence-electron chi connectivity index (χ3n) is 2.57.